The third-order valence-electron chi connectivity index (χ3n) is 1.26. The van der Waals surface area contributed by atoms with Crippen molar-refractivity contribution in [2.45, 2.75) is 13.8 Å². The van der Waals surface area contributed by atoms with E-state index in [1.807, 2.05) is 0 Å². The number of Topliss-reactive ketones (excluding diaryl/α,β-unsaturated/α-hetero) is 1. The number of ketones is 1. The number of ether oxygens (including phenoxy) is 1. The molecular formula is C7H13NO2. The van der Waals surface area contributed by atoms with E-state index >= 15 is 0 Å². The van der Waals surface area contributed by atoms with Gasteiger partial charge in [-0.1, -0.05) is 0 Å². The molecule has 0 radical (unpaired) electrons. The highest BCUT2D eigenvalue weighted by Crippen LogP contribution is 2.00. The van der Waals surface area contributed by atoms with Gasteiger partial charge in [-0.2, -0.15) is 0 Å². The number of hydrogen-bond donors (Lipinski definition) is 1. The van der Waals surface area contributed by atoms with Crippen LogP contribution in [0.2, 0.25) is 0 Å². The smallest absolute Gasteiger partial charge is 0.179 e. The van der Waals surface area contributed by atoms with E-state index in [1.165, 1.54) is 14.0 Å². The van der Waals surface area contributed by atoms with Gasteiger partial charge in [0.2, 0.25) is 0 Å². The maximum Gasteiger partial charge on any atom is 0.179 e. The van der Waals surface area contributed by atoms with Crippen molar-refractivity contribution >= 4 is 5.78 Å². The number of nitrogens with one attached hydrogen (secondary N) is 1. The van der Waals surface area contributed by atoms with Crippen molar-refractivity contribution < 1.29 is 9.53 Å². The summed E-state index contributed by atoms with van der Waals surface area (Å²) in [5.41, 5.74) is 0.530. The average molecular weight is 143 g/mol. The van der Waals surface area contributed by atoms with E-state index in [-0.39, 0.29) is 5.78 Å². The van der Waals surface area contributed by atoms with Gasteiger partial charge in [0, 0.05) is 14.0 Å². The average Bonchev–Trinajstić information content (AvgIpc) is 1.88. The highest BCUT2D eigenvalue weighted by atomic mass is 16.5. The van der Waals surface area contributed by atoms with Gasteiger partial charge in [-0.25, -0.2) is 0 Å². The summed E-state index contributed by atoms with van der Waals surface area (Å²) >= 11 is 0. The van der Waals surface area contributed by atoms with Crippen LogP contribution in [0.4, 0.5) is 0 Å². The molecule has 0 aliphatic carbocycles. The van der Waals surface area contributed by atoms with Crippen LogP contribution in [0.25, 0.3) is 0 Å². The van der Waals surface area contributed by atoms with Gasteiger partial charge in [0.1, 0.15) is 11.5 Å². The van der Waals surface area contributed by atoms with E-state index in [1.54, 1.807) is 14.0 Å². The lowest BCUT2D eigenvalue weighted by atomic mass is 10.3. The summed E-state index contributed by atoms with van der Waals surface area (Å²) in [6.45, 7) is 3.24. The molecule has 0 aliphatic heterocycles. The molecule has 0 saturated carbocycles. The van der Waals surface area contributed by atoms with Crippen LogP contribution in [0.15, 0.2) is 11.5 Å². The second-order valence-corrected chi connectivity index (χ2v) is 1.94. The molecule has 3 nitrogen and oxygen atoms in total. The van der Waals surface area contributed by atoms with Gasteiger partial charge in [-0.15, -0.1) is 0 Å². The minimum Gasteiger partial charge on any atom is -0.499 e. The van der Waals surface area contributed by atoms with Gasteiger partial charge in [-0.3, -0.25) is 4.79 Å². The van der Waals surface area contributed by atoms with Crippen molar-refractivity contribution in [3.05, 3.63) is 11.5 Å². The van der Waals surface area contributed by atoms with Crippen LogP contribution in [0.3, 0.4) is 0 Å². The molecule has 3 heteroatoms. The molecule has 0 heterocycles. The highest BCUT2D eigenvalue weighted by Gasteiger charge is 2.04. The Morgan fingerprint density at radius 2 is 1.90 bits per heavy atom. The Labute approximate surface area is 61.1 Å². The Morgan fingerprint density at radius 1 is 1.40 bits per heavy atom. The van der Waals surface area contributed by atoms with E-state index < -0.39 is 0 Å². The van der Waals surface area contributed by atoms with Gasteiger partial charge in [-0.05, 0) is 6.92 Å². The lowest BCUT2D eigenvalue weighted by Gasteiger charge is -2.06. The fraction of sp³-hybridized carbons (Fsp3) is 0.571. The van der Waals surface area contributed by atoms with Gasteiger partial charge >= 0.3 is 0 Å². The molecule has 58 valence electrons. The number of carbonyl (C=O) groups excluding carboxylic acids is 1. The van der Waals surface area contributed by atoms with Crippen molar-refractivity contribution in [3.63, 3.8) is 0 Å². The zero-order chi connectivity index (χ0) is 8.15. The summed E-state index contributed by atoms with van der Waals surface area (Å²) in [6.07, 6.45) is 0. The number of carbonyl (C=O) groups is 1. The normalized spacial score (nSPS) is 12.0. The minimum atomic E-state index is -0.0122. The molecule has 0 aromatic heterocycles. The molecule has 0 atom stereocenters. The Morgan fingerprint density at radius 3 is 2.00 bits per heavy atom. The highest BCUT2D eigenvalue weighted by molar-refractivity contribution is 5.92. The van der Waals surface area contributed by atoms with E-state index in [4.69, 9.17) is 4.74 Å². The van der Waals surface area contributed by atoms with E-state index in [0.717, 1.165) is 0 Å². The number of methoxy groups -OCH3 is 1. The first-order valence-electron chi connectivity index (χ1n) is 3.07. The summed E-state index contributed by atoms with van der Waals surface area (Å²) in [7, 11) is 3.23. The standard InChI is InChI=1S/C7H13NO2/c1-5(9)7(8-3)6(2)10-4/h8H,1-4H3/b7-6+. The predicted molar refractivity (Wildman–Crippen MR) is 39.4 cm³/mol. The van der Waals surface area contributed by atoms with Crippen LogP contribution in [0.5, 0.6) is 0 Å². The lowest BCUT2D eigenvalue weighted by molar-refractivity contribution is -0.114. The van der Waals surface area contributed by atoms with Gasteiger partial charge in [0.05, 0.1) is 7.11 Å². The summed E-state index contributed by atoms with van der Waals surface area (Å²) < 4.78 is 4.86. The Balaban J connectivity index is 4.45. The molecule has 0 amide bonds. The maximum absolute atomic E-state index is 10.8. The SMILES string of the molecule is CN/C(C(C)=O)=C(\C)OC. The number of allylic oxidation sites excluding steroid dienone is 2. The monoisotopic (exact) mass is 143 g/mol. The second kappa shape index (κ2) is 3.93. The number of likely N-dealkylation sites (N-methyl/N-ethyl adjacent to an activating group) is 1. The summed E-state index contributed by atoms with van der Waals surface area (Å²) in [5.74, 6) is 0.608. The fourth-order valence-electron chi connectivity index (χ4n) is 0.702. The molecule has 0 unspecified atom stereocenters. The van der Waals surface area contributed by atoms with Crippen LogP contribution < -0.4 is 5.32 Å². The second-order valence-electron chi connectivity index (χ2n) is 1.94. The molecule has 0 saturated heterocycles. The van der Waals surface area contributed by atoms with Crippen molar-refractivity contribution in [1.82, 2.24) is 5.32 Å². The summed E-state index contributed by atoms with van der Waals surface area (Å²) in [6, 6.07) is 0. The molecule has 0 bridgehead atoms. The Kier molecular flexibility index (Phi) is 3.54. The molecular weight excluding hydrogens is 130 g/mol. The zero-order valence-electron chi connectivity index (χ0n) is 6.82. The Bertz CT molecular complexity index is 161. The molecule has 10 heavy (non-hydrogen) atoms. The molecule has 0 fully saturated rings. The fourth-order valence-corrected chi connectivity index (χ4v) is 0.702. The number of hydrogen-bond acceptors (Lipinski definition) is 3. The third kappa shape index (κ3) is 2.09. The third-order valence-corrected chi connectivity index (χ3v) is 1.26. The van der Waals surface area contributed by atoms with Crippen LogP contribution in [0, 0.1) is 0 Å². The van der Waals surface area contributed by atoms with E-state index in [9.17, 15) is 4.79 Å². The summed E-state index contributed by atoms with van der Waals surface area (Å²) in [5, 5.41) is 2.76. The molecule has 0 aromatic rings. The van der Waals surface area contributed by atoms with Crippen LogP contribution in [-0.4, -0.2) is 19.9 Å². The van der Waals surface area contributed by atoms with Crippen LogP contribution in [-0.2, 0) is 9.53 Å². The topological polar surface area (TPSA) is 38.3 Å². The quantitative estimate of drug-likeness (QED) is 0.466. The Hall–Kier alpha value is -0.990. The van der Waals surface area contributed by atoms with Crippen molar-refractivity contribution in [1.29, 1.82) is 0 Å². The first kappa shape index (κ1) is 9.01. The van der Waals surface area contributed by atoms with Crippen molar-refractivity contribution in [2.75, 3.05) is 14.2 Å². The number of rotatable bonds is 3. The van der Waals surface area contributed by atoms with Gasteiger partial charge in [0.15, 0.2) is 5.78 Å². The minimum absolute atomic E-state index is 0.0122. The van der Waals surface area contributed by atoms with Crippen LogP contribution in [0.1, 0.15) is 13.8 Å². The first-order valence-corrected chi connectivity index (χ1v) is 3.07. The predicted octanol–water partition coefficient (Wildman–Crippen LogP) is 0.673. The van der Waals surface area contributed by atoms with E-state index in [0.29, 0.717) is 11.5 Å². The van der Waals surface area contributed by atoms with Gasteiger partial charge < -0.3 is 10.1 Å². The molecule has 0 rings (SSSR count). The summed E-state index contributed by atoms with van der Waals surface area (Å²) in [4.78, 5) is 10.8. The van der Waals surface area contributed by atoms with Crippen molar-refractivity contribution in [3.8, 4) is 0 Å². The zero-order valence-corrected chi connectivity index (χ0v) is 6.82. The largest absolute Gasteiger partial charge is 0.499 e. The van der Waals surface area contributed by atoms with Gasteiger partial charge in [0.25, 0.3) is 0 Å². The molecule has 0 aliphatic rings. The van der Waals surface area contributed by atoms with E-state index in [2.05, 4.69) is 5.32 Å². The lowest BCUT2D eigenvalue weighted by Crippen LogP contribution is -2.15. The molecule has 0 aromatic carbocycles. The maximum atomic E-state index is 10.8. The molecule has 1 N–H and O–H groups in total. The molecule has 0 spiro atoms. The van der Waals surface area contributed by atoms with Crippen molar-refractivity contribution in [2.24, 2.45) is 0 Å². The first-order chi connectivity index (χ1) is 4.63. The van der Waals surface area contributed by atoms with Crippen LogP contribution >= 0.6 is 0 Å².